The van der Waals surface area contributed by atoms with Crippen LogP contribution in [0, 0.1) is 11.3 Å². The number of aryl methyl sites for hydroxylation is 1. The Morgan fingerprint density at radius 1 is 1.29 bits per heavy atom. The molecule has 104 valence electrons. The maximum absolute atomic E-state index is 9.40. The monoisotopic (exact) mass is 340 g/mol. The largest absolute Gasteiger partial charge is 0.399 e. The summed E-state index contributed by atoms with van der Waals surface area (Å²) < 4.78 is 2.91. The summed E-state index contributed by atoms with van der Waals surface area (Å²) in [5, 5.41) is 9.40. The van der Waals surface area contributed by atoms with Crippen LogP contribution in [0.25, 0.3) is 16.7 Å². The molecule has 0 fully saturated rings. The van der Waals surface area contributed by atoms with Crippen LogP contribution in [0.5, 0.6) is 0 Å². The molecule has 4 nitrogen and oxygen atoms in total. The van der Waals surface area contributed by atoms with E-state index in [0.717, 1.165) is 33.4 Å². The number of nitrogens with two attached hydrogens (primary N) is 1. The van der Waals surface area contributed by atoms with Gasteiger partial charge in [0, 0.05) is 16.6 Å². The standard InChI is InChI=1S/C16H13BrN4/c1-2-16-20-13-8-12(19)4-6-15(13)21(16)14-5-3-11(17)7-10(14)9-18/h3-8H,2,19H2,1H3. The van der Waals surface area contributed by atoms with Crippen LogP contribution in [0.15, 0.2) is 40.9 Å². The first kappa shape index (κ1) is 13.7. The predicted molar refractivity (Wildman–Crippen MR) is 87.3 cm³/mol. The van der Waals surface area contributed by atoms with Gasteiger partial charge in [-0.1, -0.05) is 22.9 Å². The highest BCUT2D eigenvalue weighted by Gasteiger charge is 2.14. The normalized spacial score (nSPS) is 10.7. The number of benzene rings is 2. The van der Waals surface area contributed by atoms with Gasteiger partial charge in [0.15, 0.2) is 0 Å². The Bertz CT molecular complexity index is 874. The highest BCUT2D eigenvalue weighted by Crippen LogP contribution is 2.27. The third-order valence-corrected chi connectivity index (χ3v) is 3.88. The predicted octanol–water partition coefficient (Wildman–Crippen LogP) is 3.80. The van der Waals surface area contributed by atoms with Gasteiger partial charge in [-0.3, -0.25) is 4.57 Å². The Morgan fingerprint density at radius 2 is 2.10 bits per heavy atom. The smallest absolute Gasteiger partial charge is 0.114 e. The number of imidazole rings is 1. The van der Waals surface area contributed by atoms with Crippen LogP contribution < -0.4 is 5.73 Å². The van der Waals surface area contributed by atoms with Crippen molar-refractivity contribution in [3.05, 3.63) is 52.3 Å². The lowest BCUT2D eigenvalue weighted by molar-refractivity contribution is 0.906. The third-order valence-electron chi connectivity index (χ3n) is 3.38. The number of anilines is 1. The third kappa shape index (κ3) is 2.28. The van der Waals surface area contributed by atoms with Crippen LogP contribution in [0.3, 0.4) is 0 Å². The summed E-state index contributed by atoms with van der Waals surface area (Å²) in [4.78, 5) is 4.63. The van der Waals surface area contributed by atoms with E-state index >= 15 is 0 Å². The van der Waals surface area contributed by atoms with Gasteiger partial charge in [0.25, 0.3) is 0 Å². The molecule has 2 N–H and O–H groups in total. The van der Waals surface area contributed by atoms with E-state index in [1.54, 1.807) is 0 Å². The SMILES string of the molecule is CCc1nc2cc(N)ccc2n1-c1ccc(Br)cc1C#N. The van der Waals surface area contributed by atoms with Crippen molar-refractivity contribution in [3.63, 3.8) is 0 Å². The Balaban J connectivity index is 2.37. The lowest BCUT2D eigenvalue weighted by Gasteiger charge is -2.10. The molecular formula is C16H13BrN4. The van der Waals surface area contributed by atoms with E-state index in [2.05, 4.69) is 27.0 Å². The van der Waals surface area contributed by atoms with Crippen LogP contribution in [-0.2, 0) is 6.42 Å². The molecule has 0 atom stereocenters. The number of halogens is 1. The molecule has 0 bridgehead atoms. The lowest BCUT2D eigenvalue weighted by Crippen LogP contribution is -2.02. The van der Waals surface area contributed by atoms with Crippen molar-refractivity contribution < 1.29 is 0 Å². The van der Waals surface area contributed by atoms with Gasteiger partial charge in [-0.2, -0.15) is 5.26 Å². The number of aromatic nitrogens is 2. The molecule has 0 radical (unpaired) electrons. The topological polar surface area (TPSA) is 67.6 Å². The molecule has 0 aliphatic carbocycles. The van der Waals surface area contributed by atoms with Gasteiger partial charge in [0.1, 0.15) is 11.9 Å². The highest BCUT2D eigenvalue weighted by molar-refractivity contribution is 9.10. The van der Waals surface area contributed by atoms with Crippen LogP contribution >= 0.6 is 15.9 Å². The van der Waals surface area contributed by atoms with E-state index in [9.17, 15) is 5.26 Å². The maximum atomic E-state index is 9.40. The maximum Gasteiger partial charge on any atom is 0.114 e. The van der Waals surface area contributed by atoms with E-state index in [1.165, 1.54) is 0 Å². The second-order valence-corrected chi connectivity index (χ2v) is 5.65. The summed E-state index contributed by atoms with van der Waals surface area (Å²) in [5.41, 5.74) is 9.77. The quantitative estimate of drug-likeness (QED) is 0.721. The molecule has 0 saturated carbocycles. The summed E-state index contributed by atoms with van der Waals surface area (Å²) in [7, 11) is 0. The molecular weight excluding hydrogens is 328 g/mol. The van der Waals surface area contributed by atoms with Crippen molar-refractivity contribution in [1.82, 2.24) is 9.55 Å². The molecule has 1 aromatic heterocycles. The molecule has 0 spiro atoms. The number of nitrogens with zero attached hydrogens (tertiary/aromatic N) is 3. The van der Waals surface area contributed by atoms with E-state index in [1.807, 2.05) is 47.9 Å². The van der Waals surface area contributed by atoms with Gasteiger partial charge in [-0.15, -0.1) is 0 Å². The average molecular weight is 341 g/mol. The molecule has 0 saturated heterocycles. The van der Waals surface area contributed by atoms with Crippen molar-refractivity contribution in [3.8, 4) is 11.8 Å². The van der Waals surface area contributed by atoms with Crippen LogP contribution in [0.1, 0.15) is 18.3 Å². The van der Waals surface area contributed by atoms with Crippen LogP contribution in [0.4, 0.5) is 5.69 Å². The minimum Gasteiger partial charge on any atom is -0.399 e. The zero-order chi connectivity index (χ0) is 15.0. The first-order chi connectivity index (χ1) is 10.1. The first-order valence-electron chi connectivity index (χ1n) is 6.61. The van der Waals surface area contributed by atoms with Gasteiger partial charge >= 0.3 is 0 Å². The number of fused-ring (bicyclic) bond motifs is 1. The molecule has 0 aliphatic heterocycles. The van der Waals surface area contributed by atoms with Crippen molar-refractivity contribution in [2.24, 2.45) is 0 Å². The van der Waals surface area contributed by atoms with E-state index in [4.69, 9.17) is 5.73 Å². The molecule has 3 aromatic rings. The first-order valence-corrected chi connectivity index (χ1v) is 7.40. The Kier molecular flexibility index (Phi) is 3.40. The van der Waals surface area contributed by atoms with Gasteiger partial charge in [0.05, 0.1) is 22.3 Å². The van der Waals surface area contributed by atoms with Gasteiger partial charge in [-0.05, 0) is 36.4 Å². The van der Waals surface area contributed by atoms with Gasteiger partial charge in [-0.25, -0.2) is 4.98 Å². The number of nitrogen functional groups attached to an aromatic ring is 1. The highest BCUT2D eigenvalue weighted by atomic mass is 79.9. The molecule has 0 amide bonds. The van der Waals surface area contributed by atoms with Crippen LogP contribution in [-0.4, -0.2) is 9.55 Å². The second-order valence-electron chi connectivity index (χ2n) is 4.74. The van der Waals surface area contributed by atoms with Crippen molar-refractivity contribution in [1.29, 1.82) is 5.26 Å². The number of hydrogen-bond donors (Lipinski definition) is 1. The fourth-order valence-corrected chi connectivity index (χ4v) is 2.81. The Hall–Kier alpha value is -2.32. The molecule has 5 heteroatoms. The minimum atomic E-state index is 0.607. The zero-order valence-corrected chi connectivity index (χ0v) is 13.1. The van der Waals surface area contributed by atoms with E-state index in [-0.39, 0.29) is 0 Å². The van der Waals surface area contributed by atoms with Crippen molar-refractivity contribution in [2.75, 3.05) is 5.73 Å². The molecule has 0 aliphatic rings. The molecule has 21 heavy (non-hydrogen) atoms. The van der Waals surface area contributed by atoms with E-state index < -0.39 is 0 Å². The lowest BCUT2D eigenvalue weighted by atomic mass is 10.2. The number of hydrogen-bond acceptors (Lipinski definition) is 3. The average Bonchev–Trinajstić information content (AvgIpc) is 2.84. The molecule has 2 aromatic carbocycles. The summed E-state index contributed by atoms with van der Waals surface area (Å²) in [6.07, 6.45) is 0.773. The summed E-state index contributed by atoms with van der Waals surface area (Å²) in [6, 6.07) is 13.6. The summed E-state index contributed by atoms with van der Waals surface area (Å²) >= 11 is 3.40. The minimum absolute atomic E-state index is 0.607. The molecule has 3 rings (SSSR count). The fourth-order valence-electron chi connectivity index (χ4n) is 2.45. The molecule has 1 heterocycles. The second kappa shape index (κ2) is 5.23. The zero-order valence-electron chi connectivity index (χ0n) is 11.5. The summed E-state index contributed by atoms with van der Waals surface area (Å²) in [5.74, 6) is 0.912. The fraction of sp³-hybridized carbons (Fsp3) is 0.125. The Labute approximate surface area is 131 Å². The van der Waals surface area contributed by atoms with Crippen molar-refractivity contribution in [2.45, 2.75) is 13.3 Å². The summed E-state index contributed by atoms with van der Waals surface area (Å²) in [6.45, 7) is 2.05. The van der Waals surface area contributed by atoms with Crippen LogP contribution in [0.2, 0.25) is 0 Å². The molecule has 0 unspecified atom stereocenters. The van der Waals surface area contributed by atoms with Crippen molar-refractivity contribution >= 4 is 32.7 Å². The Morgan fingerprint density at radius 3 is 2.81 bits per heavy atom. The van der Waals surface area contributed by atoms with E-state index in [0.29, 0.717) is 11.3 Å². The number of rotatable bonds is 2. The van der Waals surface area contributed by atoms with Gasteiger partial charge < -0.3 is 5.73 Å². The number of nitriles is 1. The van der Waals surface area contributed by atoms with Gasteiger partial charge in [0.2, 0.25) is 0 Å².